The van der Waals surface area contributed by atoms with E-state index in [2.05, 4.69) is 26.7 Å². The van der Waals surface area contributed by atoms with Gasteiger partial charge in [-0.2, -0.15) is 0 Å². The molecule has 3 rings (SSSR count). The van der Waals surface area contributed by atoms with Crippen LogP contribution in [0.1, 0.15) is 20.3 Å². The third-order valence-electron chi connectivity index (χ3n) is 5.43. The molecule has 27 heavy (non-hydrogen) atoms. The van der Waals surface area contributed by atoms with Gasteiger partial charge in [0.1, 0.15) is 18.0 Å². The van der Waals surface area contributed by atoms with Gasteiger partial charge in [-0.1, -0.05) is 20.3 Å². The maximum atomic E-state index is 12.5. The zero-order valence-electron chi connectivity index (χ0n) is 16.2. The van der Waals surface area contributed by atoms with Crippen molar-refractivity contribution in [2.75, 3.05) is 62.3 Å². The Hall–Kier alpha value is -1.64. The van der Waals surface area contributed by atoms with Crippen LogP contribution in [-0.2, 0) is 9.53 Å². The number of amides is 1. The molecule has 2 fully saturated rings. The lowest BCUT2D eigenvalue weighted by Crippen LogP contribution is -2.54. The third-order valence-corrected chi connectivity index (χ3v) is 5.43. The van der Waals surface area contributed by atoms with E-state index in [0.29, 0.717) is 13.1 Å². The van der Waals surface area contributed by atoms with E-state index in [1.165, 1.54) is 0 Å². The normalized spacial score (nSPS) is 20.0. The zero-order valence-corrected chi connectivity index (χ0v) is 17.0. The lowest BCUT2D eigenvalue weighted by Gasteiger charge is -2.37. The van der Waals surface area contributed by atoms with Crippen LogP contribution in [0, 0.1) is 5.92 Å². The maximum Gasteiger partial charge on any atom is 0.239 e. The first-order valence-electron chi connectivity index (χ1n) is 9.54. The number of morpholine rings is 1. The van der Waals surface area contributed by atoms with Crippen LogP contribution in [0.3, 0.4) is 0 Å². The van der Waals surface area contributed by atoms with E-state index in [4.69, 9.17) is 10.5 Å². The van der Waals surface area contributed by atoms with E-state index in [1.54, 1.807) is 6.33 Å². The highest BCUT2D eigenvalue weighted by atomic mass is 35.5. The Morgan fingerprint density at radius 3 is 2.22 bits per heavy atom. The standard InChI is InChI=1S/C18H30N6O2.ClH/c1-3-14(2)17(19)18(25)24-6-4-22(5-7-24)15-12-16(21-13-20-15)23-8-10-26-11-9-23;/h12-14,17H,3-11,19H2,1-2H3;1H. The lowest BCUT2D eigenvalue weighted by atomic mass is 9.98. The van der Waals surface area contributed by atoms with Gasteiger partial charge in [0.25, 0.3) is 0 Å². The summed E-state index contributed by atoms with van der Waals surface area (Å²) in [6.45, 7) is 10.2. The minimum atomic E-state index is -0.404. The Labute approximate surface area is 167 Å². The molecule has 0 aliphatic carbocycles. The first-order valence-corrected chi connectivity index (χ1v) is 9.54. The SMILES string of the molecule is CCC(C)C(N)C(=O)N1CCN(c2cc(N3CCOCC3)ncn2)CC1.Cl. The van der Waals surface area contributed by atoms with Crippen LogP contribution in [0.2, 0.25) is 0 Å². The largest absolute Gasteiger partial charge is 0.378 e. The van der Waals surface area contributed by atoms with Crippen molar-refractivity contribution in [3.8, 4) is 0 Å². The van der Waals surface area contributed by atoms with Crippen molar-refractivity contribution in [2.45, 2.75) is 26.3 Å². The Morgan fingerprint density at radius 2 is 1.67 bits per heavy atom. The van der Waals surface area contributed by atoms with E-state index in [-0.39, 0.29) is 24.2 Å². The van der Waals surface area contributed by atoms with Crippen LogP contribution in [0.4, 0.5) is 11.6 Å². The first-order chi connectivity index (χ1) is 12.6. The molecule has 0 spiro atoms. The molecule has 1 aromatic heterocycles. The quantitative estimate of drug-likeness (QED) is 0.783. The van der Waals surface area contributed by atoms with Gasteiger partial charge in [-0.25, -0.2) is 9.97 Å². The molecular weight excluding hydrogens is 368 g/mol. The molecule has 2 aliphatic heterocycles. The van der Waals surface area contributed by atoms with Gasteiger partial charge in [0, 0.05) is 45.3 Å². The summed E-state index contributed by atoms with van der Waals surface area (Å²) in [5.41, 5.74) is 6.11. The highest BCUT2D eigenvalue weighted by Gasteiger charge is 2.28. The number of anilines is 2. The molecule has 152 valence electrons. The molecule has 1 amide bonds. The Balaban J connectivity index is 0.00000261. The number of ether oxygens (including phenoxy) is 1. The van der Waals surface area contributed by atoms with Gasteiger partial charge < -0.3 is 25.2 Å². The van der Waals surface area contributed by atoms with Gasteiger partial charge >= 0.3 is 0 Å². The number of rotatable bonds is 5. The third kappa shape index (κ3) is 5.21. The number of carbonyl (C=O) groups is 1. The van der Waals surface area contributed by atoms with E-state index in [9.17, 15) is 4.79 Å². The summed E-state index contributed by atoms with van der Waals surface area (Å²) in [6, 6.07) is 1.63. The number of halogens is 1. The van der Waals surface area contributed by atoms with Crippen molar-refractivity contribution in [2.24, 2.45) is 11.7 Å². The van der Waals surface area contributed by atoms with E-state index in [1.807, 2.05) is 17.9 Å². The second kappa shape index (κ2) is 10.1. The summed E-state index contributed by atoms with van der Waals surface area (Å²) >= 11 is 0. The average Bonchev–Trinajstić information content (AvgIpc) is 2.73. The molecule has 2 unspecified atom stereocenters. The first kappa shape index (κ1) is 21.7. The molecule has 8 nitrogen and oxygen atoms in total. The molecule has 9 heteroatoms. The van der Waals surface area contributed by atoms with Crippen LogP contribution in [-0.4, -0.2) is 79.3 Å². The van der Waals surface area contributed by atoms with Gasteiger partial charge in [0.2, 0.25) is 5.91 Å². The van der Waals surface area contributed by atoms with Gasteiger partial charge in [0.05, 0.1) is 19.3 Å². The molecule has 2 atom stereocenters. The monoisotopic (exact) mass is 398 g/mol. The topological polar surface area (TPSA) is 87.8 Å². The molecule has 0 bridgehead atoms. The minimum Gasteiger partial charge on any atom is -0.378 e. The Bertz CT molecular complexity index is 605. The van der Waals surface area contributed by atoms with Crippen molar-refractivity contribution in [1.82, 2.24) is 14.9 Å². The molecule has 2 saturated heterocycles. The number of nitrogens with two attached hydrogens (primary N) is 1. The van der Waals surface area contributed by atoms with Crippen molar-refractivity contribution in [3.05, 3.63) is 12.4 Å². The van der Waals surface area contributed by atoms with E-state index in [0.717, 1.165) is 57.4 Å². The Kier molecular flexibility index (Phi) is 8.07. The molecule has 1 aromatic rings. The van der Waals surface area contributed by atoms with Crippen LogP contribution in [0.5, 0.6) is 0 Å². The van der Waals surface area contributed by atoms with Crippen LogP contribution in [0.15, 0.2) is 12.4 Å². The van der Waals surface area contributed by atoms with Gasteiger partial charge in [0.15, 0.2) is 0 Å². The molecule has 0 radical (unpaired) electrons. The number of nitrogens with zero attached hydrogens (tertiary/aromatic N) is 5. The summed E-state index contributed by atoms with van der Waals surface area (Å²) in [4.78, 5) is 27.7. The van der Waals surface area contributed by atoms with Crippen molar-refractivity contribution < 1.29 is 9.53 Å². The van der Waals surface area contributed by atoms with E-state index >= 15 is 0 Å². The fourth-order valence-corrected chi connectivity index (χ4v) is 3.34. The van der Waals surface area contributed by atoms with Crippen molar-refractivity contribution in [1.29, 1.82) is 0 Å². The predicted molar refractivity (Wildman–Crippen MR) is 109 cm³/mol. The van der Waals surface area contributed by atoms with Gasteiger partial charge in [-0.3, -0.25) is 4.79 Å². The van der Waals surface area contributed by atoms with Gasteiger partial charge in [-0.05, 0) is 5.92 Å². The summed E-state index contributed by atoms with van der Waals surface area (Å²) in [5, 5.41) is 0. The lowest BCUT2D eigenvalue weighted by molar-refractivity contribution is -0.134. The summed E-state index contributed by atoms with van der Waals surface area (Å²) in [5.74, 6) is 2.13. The number of aromatic nitrogens is 2. The van der Waals surface area contributed by atoms with E-state index < -0.39 is 6.04 Å². The second-order valence-corrected chi connectivity index (χ2v) is 7.06. The zero-order chi connectivity index (χ0) is 18.5. The fourth-order valence-electron chi connectivity index (χ4n) is 3.34. The van der Waals surface area contributed by atoms with Crippen LogP contribution in [0.25, 0.3) is 0 Å². The maximum absolute atomic E-state index is 12.5. The molecule has 2 N–H and O–H groups in total. The molecule has 0 saturated carbocycles. The van der Waals surface area contributed by atoms with Gasteiger partial charge in [-0.15, -0.1) is 12.4 Å². The van der Waals surface area contributed by atoms with Crippen molar-refractivity contribution >= 4 is 29.9 Å². The van der Waals surface area contributed by atoms with Crippen LogP contribution >= 0.6 is 12.4 Å². The smallest absolute Gasteiger partial charge is 0.239 e. The summed E-state index contributed by atoms with van der Waals surface area (Å²) < 4.78 is 5.40. The highest BCUT2D eigenvalue weighted by molar-refractivity contribution is 5.85. The predicted octanol–water partition coefficient (Wildman–Crippen LogP) is 0.757. The highest BCUT2D eigenvalue weighted by Crippen LogP contribution is 2.20. The molecule has 3 heterocycles. The molecular formula is C18H31ClN6O2. The number of hydrogen-bond donors (Lipinski definition) is 1. The number of carbonyl (C=O) groups excluding carboxylic acids is 1. The summed E-state index contributed by atoms with van der Waals surface area (Å²) in [6.07, 6.45) is 2.54. The average molecular weight is 399 g/mol. The second-order valence-electron chi connectivity index (χ2n) is 7.06. The number of hydrogen-bond acceptors (Lipinski definition) is 7. The van der Waals surface area contributed by atoms with Crippen molar-refractivity contribution in [3.63, 3.8) is 0 Å². The van der Waals surface area contributed by atoms with Crippen LogP contribution < -0.4 is 15.5 Å². The minimum absolute atomic E-state index is 0. The summed E-state index contributed by atoms with van der Waals surface area (Å²) in [7, 11) is 0. The molecule has 2 aliphatic rings. The number of piperazine rings is 1. The Morgan fingerprint density at radius 1 is 1.11 bits per heavy atom. The fraction of sp³-hybridized carbons (Fsp3) is 0.722. The molecule has 0 aromatic carbocycles.